The smallest absolute Gasteiger partial charge is 0.309 e. The van der Waals surface area contributed by atoms with Crippen molar-refractivity contribution in [2.75, 3.05) is 0 Å². The van der Waals surface area contributed by atoms with Crippen molar-refractivity contribution in [3.05, 3.63) is 29.8 Å². The lowest BCUT2D eigenvalue weighted by molar-refractivity contribution is -0.160. The first-order chi connectivity index (χ1) is 9.29. The summed E-state index contributed by atoms with van der Waals surface area (Å²) in [6.07, 6.45) is -0.00983. The average molecular weight is 297 g/mol. The minimum Gasteiger partial charge on any atom is -0.461 e. The summed E-state index contributed by atoms with van der Waals surface area (Å²) in [6.45, 7) is 5.33. The van der Waals surface area contributed by atoms with Gasteiger partial charge in [-0.25, -0.2) is 13.1 Å². The number of cyclic esters (lactones) is 1. The predicted octanol–water partition coefficient (Wildman–Crippen LogP) is 1.61. The fourth-order valence-electron chi connectivity index (χ4n) is 2.18. The Morgan fingerprint density at radius 3 is 2.40 bits per heavy atom. The number of nitrogens with one attached hydrogen (secondary N) is 1. The lowest BCUT2D eigenvalue weighted by atomic mass is 9.96. The number of carbonyl (C=O) groups is 1. The highest BCUT2D eigenvalue weighted by Crippen LogP contribution is 2.22. The second-order valence-electron chi connectivity index (χ2n) is 5.32. The Bertz CT molecular complexity index is 594. The van der Waals surface area contributed by atoms with Crippen LogP contribution in [0.4, 0.5) is 0 Å². The maximum Gasteiger partial charge on any atom is 0.309 e. The van der Waals surface area contributed by atoms with E-state index in [0.717, 1.165) is 5.56 Å². The van der Waals surface area contributed by atoms with E-state index in [0.29, 0.717) is 6.42 Å². The van der Waals surface area contributed by atoms with Crippen molar-refractivity contribution >= 4 is 16.0 Å². The Morgan fingerprint density at radius 2 is 1.80 bits per heavy atom. The summed E-state index contributed by atoms with van der Waals surface area (Å²) in [5.74, 6) is -0.569. The molecule has 110 valence electrons. The van der Waals surface area contributed by atoms with Crippen molar-refractivity contribution < 1.29 is 17.9 Å². The maximum absolute atomic E-state index is 12.3. The molecule has 1 aromatic carbocycles. The normalized spacial score (nSPS) is 27.1. The minimum atomic E-state index is -3.59. The van der Waals surface area contributed by atoms with Gasteiger partial charge in [-0.05, 0) is 32.4 Å². The number of aryl methyl sites for hydroxylation is 1. The van der Waals surface area contributed by atoms with Gasteiger partial charge in [0, 0.05) is 0 Å². The molecule has 1 saturated heterocycles. The van der Waals surface area contributed by atoms with Crippen LogP contribution in [0.2, 0.25) is 0 Å². The zero-order valence-corrected chi connectivity index (χ0v) is 12.6. The highest BCUT2D eigenvalue weighted by atomic mass is 32.2. The van der Waals surface area contributed by atoms with Crippen LogP contribution in [0.25, 0.3) is 0 Å². The lowest BCUT2D eigenvalue weighted by Gasteiger charge is -2.32. The molecule has 0 radical (unpaired) electrons. The molecule has 0 amide bonds. The second-order valence-corrected chi connectivity index (χ2v) is 7.03. The number of ether oxygens (including phenoxy) is 1. The molecule has 0 aromatic heterocycles. The Balaban J connectivity index is 2.16. The van der Waals surface area contributed by atoms with Gasteiger partial charge in [-0.2, -0.15) is 0 Å². The Morgan fingerprint density at radius 1 is 1.20 bits per heavy atom. The van der Waals surface area contributed by atoms with E-state index >= 15 is 0 Å². The number of hydrogen-bond acceptors (Lipinski definition) is 4. The van der Waals surface area contributed by atoms with Crippen LogP contribution in [0.1, 0.15) is 25.8 Å². The predicted molar refractivity (Wildman–Crippen MR) is 74.6 cm³/mol. The van der Waals surface area contributed by atoms with Crippen LogP contribution in [0.5, 0.6) is 0 Å². The molecule has 20 heavy (non-hydrogen) atoms. The maximum atomic E-state index is 12.3. The summed E-state index contributed by atoms with van der Waals surface area (Å²) >= 11 is 0. The number of sulfonamides is 1. The summed E-state index contributed by atoms with van der Waals surface area (Å²) < 4.78 is 32.4. The molecule has 1 N–H and O–H groups in total. The van der Waals surface area contributed by atoms with Crippen molar-refractivity contribution in [3.63, 3.8) is 0 Å². The third kappa shape index (κ3) is 3.19. The zero-order chi connectivity index (χ0) is 14.9. The standard InChI is InChI=1S/C14H19NO4S/c1-9-4-6-12(7-5-9)20(17,18)15-13-8-10(2)14(16)19-11(13)3/h4-7,10-11,13,15H,8H2,1-3H3/t10-,11+,13+/m0/s1. The molecule has 0 aliphatic carbocycles. The van der Waals surface area contributed by atoms with Crippen LogP contribution >= 0.6 is 0 Å². The van der Waals surface area contributed by atoms with Crippen LogP contribution in [0.15, 0.2) is 29.2 Å². The van der Waals surface area contributed by atoms with Crippen molar-refractivity contribution in [2.24, 2.45) is 5.92 Å². The summed E-state index contributed by atoms with van der Waals surface area (Å²) in [6, 6.07) is 6.25. The van der Waals surface area contributed by atoms with E-state index in [1.54, 1.807) is 38.1 Å². The summed E-state index contributed by atoms with van der Waals surface area (Å²) in [7, 11) is -3.59. The first-order valence-corrected chi connectivity index (χ1v) is 8.07. The van der Waals surface area contributed by atoms with Gasteiger partial charge in [0.05, 0.1) is 16.9 Å². The largest absolute Gasteiger partial charge is 0.461 e. The third-order valence-electron chi connectivity index (χ3n) is 3.52. The van der Waals surface area contributed by atoms with Crippen molar-refractivity contribution in [3.8, 4) is 0 Å². The molecule has 0 bridgehead atoms. The number of benzene rings is 1. The average Bonchev–Trinajstić information content (AvgIpc) is 2.36. The fourth-order valence-corrected chi connectivity index (χ4v) is 3.50. The third-order valence-corrected chi connectivity index (χ3v) is 5.02. The van der Waals surface area contributed by atoms with E-state index in [9.17, 15) is 13.2 Å². The van der Waals surface area contributed by atoms with Gasteiger partial charge in [0.2, 0.25) is 10.0 Å². The highest BCUT2D eigenvalue weighted by molar-refractivity contribution is 7.89. The van der Waals surface area contributed by atoms with Gasteiger partial charge in [0.1, 0.15) is 6.10 Å². The highest BCUT2D eigenvalue weighted by Gasteiger charge is 2.35. The van der Waals surface area contributed by atoms with E-state index in [1.807, 2.05) is 6.92 Å². The quantitative estimate of drug-likeness (QED) is 0.860. The van der Waals surface area contributed by atoms with Gasteiger partial charge in [0.15, 0.2) is 0 Å². The molecular formula is C14H19NO4S. The number of hydrogen-bond donors (Lipinski definition) is 1. The molecule has 1 aliphatic heterocycles. The molecule has 2 rings (SSSR count). The molecule has 0 spiro atoms. The topological polar surface area (TPSA) is 72.5 Å². The summed E-state index contributed by atoms with van der Waals surface area (Å²) in [5, 5.41) is 0. The first kappa shape index (κ1) is 15.0. The lowest BCUT2D eigenvalue weighted by Crippen LogP contribution is -2.49. The van der Waals surface area contributed by atoms with Gasteiger partial charge >= 0.3 is 5.97 Å². The molecule has 1 aromatic rings. The van der Waals surface area contributed by atoms with Gasteiger partial charge in [0.25, 0.3) is 0 Å². The van der Waals surface area contributed by atoms with Gasteiger partial charge in [-0.1, -0.05) is 24.6 Å². The molecule has 1 fully saturated rings. The molecule has 1 aliphatic rings. The Kier molecular flexibility index (Phi) is 4.15. The number of rotatable bonds is 3. The van der Waals surface area contributed by atoms with Crippen LogP contribution < -0.4 is 4.72 Å². The van der Waals surface area contributed by atoms with E-state index in [-0.39, 0.29) is 16.8 Å². The van der Waals surface area contributed by atoms with Gasteiger partial charge < -0.3 is 4.74 Å². The molecule has 3 atom stereocenters. The van der Waals surface area contributed by atoms with Crippen LogP contribution in [-0.4, -0.2) is 26.5 Å². The van der Waals surface area contributed by atoms with Crippen LogP contribution in [0, 0.1) is 12.8 Å². The van der Waals surface area contributed by atoms with E-state index < -0.39 is 22.2 Å². The molecule has 5 nitrogen and oxygen atoms in total. The molecule has 1 heterocycles. The summed E-state index contributed by atoms with van der Waals surface area (Å²) in [5.41, 5.74) is 0.998. The van der Waals surface area contributed by atoms with E-state index in [2.05, 4.69) is 4.72 Å². The van der Waals surface area contributed by atoms with Gasteiger partial charge in [-0.3, -0.25) is 4.79 Å². The van der Waals surface area contributed by atoms with E-state index in [4.69, 9.17) is 4.74 Å². The summed E-state index contributed by atoms with van der Waals surface area (Å²) in [4.78, 5) is 11.6. The SMILES string of the molecule is Cc1ccc(S(=O)(=O)N[C@@H]2C[C@H](C)C(=O)O[C@@H]2C)cc1. The fraction of sp³-hybridized carbons (Fsp3) is 0.500. The second kappa shape index (κ2) is 5.54. The first-order valence-electron chi connectivity index (χ1n) is 6.59. The van der Waals surface area contributed by atoms with Crippen molar-refractivity contribution in [2.45, 2.75) is 44.2 Å². The minimum absolute atomic E-state index is 0.222. The van der Waals surface area contributed by atoms with Crippen molar-refractivity contribution in [1.29, 1.82) is 0 Å². The molecule has 6 heteroatoms. The molecule has 0 saturated carbocycles. The Hall–Kier alpha value is -1.40. The monoisotopic (exact) mass is 297 g/mol. The van der Waals surface area contributed by atoms with Crippen LogP contribution in [0.3, 0.4) is 0 Å². The Labute approximate surface area is 119 Å². The van der Waals surface area contributed by atoms with Crippen LogP contribution in [-0.2, 0) is 19.6 Å². The van der Waals surface area contributed by atoms with Gasteiger partial charge in [-0.15, -0.1) is 0 Å². The van der Waals surface area contributed by atoms with Crippen molar-refractivity contribution in [1.82, 2.24) is 4.72 Å². The number of carbonyl (C=O) groups excluding carboxylic acids is 1. The zero-order valence-electron chi connectivity index (χ0n) is 11.8. The van der Waals surface area contributed by atoms with E-state index in [1.165, 1.54) is 0 Å². The molecule has 0 unspecified atom stereocenters. The molecular weight excluding hydrogens is 278 g/mol. The number of esters is 1.